The van der Waals surface area contributed by atoms with Crippen LogP contribution in [-0.4, -0.2) is 25.7 Å². The van der Waals surface area contributed by atoms with E-state index in [1.54, 1.807) is 13.1 Å². The maximum absolute atomic E-state index is 12.0. The second kappa shape index (κ2) is 5.53. The van der Waals surface area contributed by atoms with Gasteiger partial charge in [0.2, 0.25) is 0 Å². The number of Topliss-reactive ketones (excluding diaryl/α,β-unsaturated/α-hetero) is 1. The molecule has 0 spiro atoms. The Balaban J connectivity index is 2.35. The Morgan fingerprint density at radius 3 is 2.79 bits per heavy atom. The van der Waals surface area contributed by atoms with Crippen molar-refractivity contribution in [3.63, 3.8) is 0 Å². The van der Waals surface area contributed by atoms with Crippen molar-refractivity contribution in [2.75, 3.05) is 0 Å². The molecule has 2 rings (SSSR count). The van der Waals surface area contributed by atoms with Gasteiger partial charge in [0.1, 0.15) is 6.33 Å². The minimum atomic E-state index is -0.506. The summed E-state index contributed by atoms with van der Waals surface area (Å²) in [6, 6.07) is 3.75. The number of aromatic nitrogens is 3. The number of hydrogen-bond donors (Lipinski definition) is 0. The number of aryl methyl sites for hydroxylation is 1. The summed E-state index contributed by atoms with van der Waals surface area (Å²) in [5, 5.41) is -0.506. The SMILES string of the molecule is Cc1cc(C(=O)C(C)Cl)c(C)n1Cc1ccncn1. The van der Waals surface area contributed by atoms with Crippen molar-refractivity contribution < 1.29 is 4.79 Å². The minimum Gasteiger partial charge on any atom is -0.343 e. The van der Waals surface area contributed by atoms with Gasteiger partial charge in [0.05, 0.1) is 17.6 Å². The lowest BCUT2D eigenvalue weighted by atomic mass is 10.1. The third kappa shape index (κ3) is 2.84. The van der Waals surface area contributed by atoms with E-state index in [1.807, 2.05) is 26.0 Å². The molecular weight excluding hydrogens is 262 g/mol. The zero-order valence-corrected chi connectivity index (χ0v) is 12.0. The van der Waals surface area contributed by atoms with Crippen LogP contribution in [0.1, 0.15) is 34.4 Å². The van der Waals surface area contributed by atoms with Crippen LogP contribution in [-0.2, 0) is 6.54 Å². The number of carbonyl (C=O) groups is 1. The second-order valence-electron chi connectivity index (χ2n) is 4.55. The highest BCUT2D eigenvalue weighted by atomic mass is 35.5. The van der Waals surface area contributed by atoms with E-state index in [1.165, 1.54) is 6.33 Å². The van der Waals surface area contributed by atoms with Crippen LogP contribution in [0, 0.1) is 13.8 Å². The first-order valence-electron chi connectivity index (χ1n) is 6.10. The summed E-state index contributed by atoms with van der Waals surface area (Å²) in [7, 11) is 0. The van der Waals surface area contributed by atoms with Crippen LogP contribution >= 0.6 is 11.6 Å². The van der Waals surface area contributed by atoms with Crippen LogP contribution in [0.5, 0.6) is 0 Å². The normalized spacial score (nSPS) is 12.4. The van der Waals surface area contributed by atoms with Gasteiger partial charge in [-0.3, -0.25) is 4.79 Å². The van der Waals surface area contributed by atoms with E-state index in [4.69, 9.17) is 11.6 Å². The first kappa shape index (κ1) is 13.7. The van der Waals surface area contributed by atoms with Gasteiger partial charge in [-0.25, -0.2) is 9.97 Å². The molecule has 0 aromatic carbocycles. The van der Waals surface area contributed by atoms with E-state index in [2.05, 4.69) is 14.5 Å². The molecule has 1 unspecified atom stereocenters. The summed E-state index contributed by atoms with van der Waals surface area (Å²) in [6.45, 7) is 6.23. The van der Waals surface area contributed by atoms with E-state index >= 15 is 0 Å². The Hall–Kier alpha value is -1.68. The molecule has 5 heteroatoms. The van der Waals surface area contributed by atoms with Gasteiger partial charge in [-0.05, 0) is 32.9 Å². The second-order valence-corrected chi connectivity index (χ2v) is 5.21. The lowest BCUT2D eigenvalue weighted by Crippen LogP contribution is -2.12. The van der Waals surface area contributed by atoms with Gasteiger partial charge in [-0.1, -0.05) is 0 Å². The molecule has 2 heterocycles. The highest BCUT2D eigenvalue weighted by Gasteiger charge is 2.19. The van der Waals surface area contributed by atoms with Crippen molar-refractivity contribution in [1.29, 1.82) is 0 Å². The van der Waals surface area contributed by atoms with E-state index in [0.29, 0.717) is 12.1 Å². The molecule has 0 amide bonds. The van der Waals surface area contributed by atoms with Gasteiger partial charge in [0.15, 0.2) is 5.78 Å². The van der Waals surface area contributed by atoms with Gasteiger partial charge in [-0.15, -0.1) is 11.6 Å². The van der Waals surface area contributed by atoms with Crippen LogP contribution < -0.4 is 0 Å². The van der Waals surface area contributed by atoms with Crippen molar-refractivity contribution in [3.05, 3.63) is 47.3 Å². The summed E-state index contributed by atoms with van der Waals surface area (Å²) < 4.78 is 2.06. The van der Waals surface area contributed by atoms with E-state index in [9.17, 15) is 4.79 Å². The van der Waals surface area contributed by atoms with Gasteiger partial charge >= 0.3 is 0 Å². The fraction of sp³-hybridized carbons (Fsp3) is 0.357. The average Bonchev–Trinajstić information content (AvgIpc) is 2.67. The highest BCUT2D eigenvalue weighted by molar-refractivity contribution is 6.33. The molecule has 100 valence electrons. The van der Waals surface area contributed by atoms with Gasteiger partial charge in [-0.2, -0.15) is 0 Å². The van der Waals surface area contributed by atoms with E-state index in [0.717, 1.165) is 17.1 Å². The van der Waals surface area contributed by atoms with Gasteiger partial charge in [0.25, 0.3) is 0 Å². The van der Waals surface area contributed by atoms with Crippen molar-refractivity contribution in [3.8, 4) is 0 Å². The first-order valence-corrected chi connectivity index (χ1v) is 6.54. The fourth-order valence-electron chi connectivity index (χ4n) is 2.08. The number of nitrogens with zero attached hydrogens (tertiary/aromatic N) is 3. The van der Waals surface area contributed by atoms with Crippen molar-refractivity contribution in [2.24, 2.45) is 0 Å². The summed E-state index contributed by atoms with van der Waals surface area (Å²) in [5.41, 5.74) is 3.55. The molecule has 4 nitrogen and oxygen atoms in total. The summed E-state index contributed by atoms with van der Waals surface area (Å²) in [5.74, 6) is -0.0382. The number of carbonyl (C=O) groups excluding carboxylic acids is 1. The number of alkyl halides is 1. The summed E-state index contributed by atoms with van der Waals surface area (Å²) >= 11 is 5.88. The topological polar surface area (TPSA) is 47.8 Å². The quantitative estimate of drug-likeness (QED) is 0.638. The Morgan fingerprint density at radius 1 is 1.47 bits per heavy atom. The van der Waals surface area contributed by atoms with E-state index in [-0.39, 0.29) is 5.78 Å². The Labute approximate surface area is 117 Å². The monoisotopic (exact) mass is 277 g/mol. The molecule has 0 bridgehead atoms. The van der Waals surface area contributed by atoms with Crippen molar-refractivity contribution >= 4 is 17.4 Å². The van der Waals surface area contributed by atoms with Crippen LogP contribution in [0.4, 0.5) is 0 Å². The predicted octanol–water partition coefficient (Wildman–Crippen LogP) is 2.75. The standard InChI is InChI=1S/C14H16ClN3O/c1-9-6-13(14(19)10(2)15)11(3)18(9)7-12-4-5-16-8-17-12/h4-6,8,10H,7H2,1-3H3. The zero-order chi connectivity index (χ0) is 14.0. The highest BCUT2D eigenvalue weighted by Crippen LogP contribution is 2.19. The number of hydrogen-bond acceptors (Lipinski definition) is 3. The molecular formula is C14H16ClN3O. The first-order chi connectivity index (χ1) is 9.00. The third-order valence-corrected chi connectivity index (χ3v) is 3.36. The molecule has 0 saturated carbocycles. The van der Waals surface area contributed by atoms with Gasteiger partial charge in [0, 0.05) is 23.1 Å². The lowest BCUT2D eigenvalue weighted by Gasteiger charge is -2.09. The average molecular weight is 278 g/mol. The molecule has 0 N–H and O–H groups in total. The summed E-state index contributed by atoms with van der Waals surface area (Å²) in [4.78, 5) is 20.1. The molecule has 19 heavy (non-hydrogen) atoms. The number of rotatable bonds is 4. The van der Waals surface area contributed by atoms with Crippen LogP contribution in [0.15, 0.2) is 24.7 Å². The van der Waals surface area contributed by atoms with Crippen molar-refractivity contribution in [2.45, 2.75) is 32.7 Å². The smallest absolute Gasteiger partial charge is 0.182 e. The third-order valence-electron chi connectivity index (χ3n) is 3.16. The van der Waals surface area contributed by atoms with Gasteiger partial charge < -0.3 is 4.57 Å². The molecule has 0 aliphatic heterocycles. The fourth-order valence-corrected chi connectivity index (χ4v) is 2.20. The minimum absolute atomic E-state index is 0.0382. The van der Waals surface area contributed by atoms with Crippen LogP contribution in [0.25, 0.3) is 0 Å². The Kier molecular flexibility index (Phi) is 4.00. The molecule has 0 radical (unpaired) electrons. The largest absolute Gasteiger partial charge is 0.343 e. The molecule has 2 aromatic rings. The maximum Gasteiger partial charge on any atom is 0.182 e. The molecule has 2 aromatic heterocycles. The van der Waals surface area contributed by atoms with Crippen LogP contribution in [0.2, 0.25) is 0 Å². The van der Waals surface area contributed by atoms with Crippen LogP contribution in [0.3, 0.4) is 0 Å². The van der Waals surface area contributed by atoms with Crippen molar-refractivity contribution in [1.82, 2.24) is 14.5 Å². The molecule has 1 atom stereocenters. The Bertz CT molecular complexity index is 590. The number of ketones is 1. The Morgan fingerprint density at radius 2 is 2.21 bits per heavy atom. The maximum atomic E-state index is 12.0. The molecule has 0 fully saturated rings. The van der Waals surface area contributed by atoms with E-state index < -0.39 is 5.38 Å². The zero-order valence-electron chi connectivity index (χ0n) is 11.2. The summed E-state index contributed by atoms with van der Waals surface area (Å²) in [6.07, 6.45) is 3.24. The number of halogens is 1. The molecule has 0 aliphatic rings. The lowest BCUT2D eigenvalue weighted by molar-refractivity contribution is 0.0991. The molecule has 0 aliphatic carbocycles. The predicted molar refractivity (Wildman–Crippen MR) is 74.7 cm³/mol. The molecule has 0 saturated heterocycles.